The van der Waals surface area contributed by atoms with E-state index in [1.807, 2.05) is 4.72 Å². The fourth-order valence-corrected chi connectivity index (χ4v) is 0.367. The number of hydrogen-bond donors (Lipinski definition) is 2. The van der Waals surface area contributed by atoms with Gasteiger partial charge >= 0.3 is 10.2 Å². The van der Waals surface area contributed by atoms with Crippen molar-refractivity contribution in [1.82, 2.24) is 9.44 Å². The first kappa shape index (κ1) is 7.38. The molecule has 0 aromatic rings. The first-order valence-corrected chi connectivity index (χ1v) is 3.25. The first-order valence-electron chi connectivity index (χ1n) is 1.77. The SMILES string of the molecule is CNS(=O)(=O)NC=O. The quantitative estimate of drug-likeness (QED) is 0.452. The number of nitrogens with one attached hydrogen (secondary N) is 2. The highest BCUT2D eigenvalue weighted by Gasteiger charge is 1.99. The van der Waals surface area contributed by atoms with Crippen LogP contribution < -0.4 is 9.44 Å². The molecule has 0 aliphatic heterocycles. The Labute approximate surface area is 47.3 Å². The maximum Gasteiger partial charge on any atom is 0.300 e. The van der Waals surface area contributed by atoms with Crippen LogP contribution in [0.15, 0.2) is 0 Å². The van der Waals surface area contributed by atoms with Crippen LogP contribution in [0.2, 0.25) is 0 Å². The summed E-state index contributed by atoms with van der Waals surface area (Å²) in [5, 5.41) is 0. The number of hydrogen-bond acceptors (Lipinski definition) is 3. The maximum atomic E-state index is 10.1. The topological polar surface area (TPSA) is 75.3 Å². The van der Waals surface area contributed by atoms with E-state index in [1.54, 1.807) is 4.72 Å². The molecule has 0 aromatic carbocycles. The second-order valence-corrected chi connectivity index (χ2v) is 2.59. The van der Waals surface area contributed by atoms with Crippen molar-refractivity contribution < 1.29 is 13.2 Å². The molecule has 1 amide bonds. The predicted octanol–water partition coefficient (Wildman–Crippen LogP) is -1.80. The van der Waals surface area contributed by atoms with Crippen molar-refractivity contribution in [3.05, 3.63) is 0 Å². The Kier molecular flexibility index (Phi) is 2.43. The van der Waals surface area contributed by atoms with Crippen LogP contribution in [0.5, 0.6) is 0 Å². The standard InChI is InChI=1S/C2H6N2O3S/c1-3-8(6,7)4-2-5/h2-3H,1H3,(H,4,5). The lowest BCUT2D eigenvalue weighted by Gasteiger charge is -1.94. The number of amides is 1. The molecule has 5 nitrogen and oxygen atoms in total. The van der Waals surface area contributed by atoms with E-state index in [-0.39, 0.29) is 6.41 Å². The van der Waals surface area contributed by atoms with Crippen LogP contribution in [-0.2, 0) is 15.0 Å². The summed E-state index contributed by atoms with van der Waals surface area (Å²) in [6, 6.07) is 0. The second-order valence-electron chi connectivity index (χ2n) is 0.943. The molecule has 0 radical (unpaired) electrons. The monoisotopic (exact) mass is 138 g/mol. The Morgan fingerprint density at radius 3 is 2.12 bits per heavy atom. The maximum absolute atomic E-state index is 10.1. The van der Waals surface area contributed by atoms with Crippen LogP contribution in [-0.4, -0.2) is 21.9 Å². The summed E-state index contributed by atoms with van der Waals surface area (Å²) >= 11 is 0. The molecule has 0 saturated heterocycles. The summed E-state index contributed by atoms with van der Waals surface area (Å²) in [5.74, 6) is 0. The minimum atomic E-state index is -3.54. The molecule has 0 rings (SSSR count). The van der Waals surface area contributed by atoms with Gasteiger partial charge in [-0.2, -0.15) is 8.42 Å². The molecule has 0 aliphatic carbocycles. The summed E-state index contributed by atoms with van der Waals surface area (Å²) in [7, 11) is -2.34. The van der Waals surface area contributed by atoms with Crippen LogP contribution in [0.25, 0.3) is 0 Å². The summed E-state index contributed by atoms with van der Waals surface area (Å²) in [5.41, 5.74) is 0. The van der Waals surface area contributed by atoms with Gasteiger partial charge in [0.05, 0.1) is 0 Å². The van der Waals surface area contributed by atoms with Gasteiger partial charge in [-0.3, -0.25) is 4.79 Å². The highest BCUT2D eigenvalue weighted by atomic mass is 32.2. The molecule has 0 fully saturated rings. The summed E-state index contributed by atoms with van der Waals surface area (Å²) in [4.78, 5) is 9.45. The summed E-state index contributed by atoms with van der Waals surface area (Å²) in [6.45, 7) is 0. The van der Waals surface area contributed by atoms with Crippen LogP contribution in [0.4, 0.5) is 0 Å². The van der Waals surface area contributed by atoms with E-state index >= 15 is 0 Å². The molecule has 48 valence electrons. The molecule has 2 N–H and O–H groups in total. The number of rotatable bonds is 3. The molecule has 0 bridgehead atoms. The molecule has 0 aliphatic rings. The largest absolute Gasteiger partial charge is 0.300 e. The zero-order chi connectivity index (χ0) is 6.62. The minimum absolute atomic E-state index is 0.0891. The molecule has 0 spiro atoms. The van der Waals surface area contributed by atoms with Crippen molar-refractivity contribution in [2.75, 3.05) is 7.05 Å². The average Bonchev–Trinajstić information content (AvgIpc) is 1.67. The lowest BCUT2D eigenvalue weighted by Crippen LogP contribution is -2.32. The highest BCUT2D eigenvalue weighted by Crippen LogP contribution is 1.64. The van der Waals surface area contributed by atoms with Gasteiger partial charge in [-0.05, 0) is 0 Å². The fraction of sp³-hybridized carbons (Fsp3) is 0.500. The van der Waals surface area contributed by atoms with Gasteiger partial charge in [-0.1, -0.05) is 0 Å². The molecule has 0 aromatic heterocycles. The van der Waals surface area contributed by atoms with E-state index in [4.69, 9.17) is 0 Å². The van der Waals surface area contributed by atoms with E-state index in [0.717, 1.165) is 0 Å². The van der Waals surface area contributed by atoms with Gasteiger partial charge in [0.1, 0.15) is 0 Å². The molecule has 6 heteroatoms. The summed E-state index contributed by atoms with van der Waals surface area (Å²) < 4.78 is 23.7. The van der Waals surface area contributed by atoms with Gasteiger partial charge in [-0.25, -0.2) is 9.44 Å². The van der Waals surface area contributed by atoms with E-state index in [9.17, 15) is 13.2 Å². The lowest BCUT2D eigenvalue weighted by molar-refractivity contribution is -0.108. The third kappa shape index (κ3) is 2.54. The lowest BCUT2D eigenvalue weighted by atomic mass is 11.5. The van der Waals surface area contributed by atoms with Crippen molar-refractivity contribution >= 4 is 16.6 Å². The third-order valence-corrected chi connectivity index (χ3v) is 1.42. The molecule has 8 heavy (non-hydrogen) atoms. The molecular weight excluding hydrogens is 132 g/mol. The normalized spacial score (nSPS) is 10.6. The van der Waals surface area contributed by atoms with Crippen molar-refractivity contribution in [1.29, 1.82) is 0 Å². The number of carbonyl (C=O) groups excluding carboxylic acids is 1. The zero-order valence-electron chi connectivity index (χ0n) is 4.21. The van der Waals surface area contributed by atoms with Gasteiger partial charge in [0.25, 0.3) is 0 Å². The minimum Gasteiger partial charge on any atom is -0.278 e. The summed E-state index contributed by atoms with van der Waals surface area (Å²) in [6.07, 6.45) is 0.0891. The number of carbonyl (C=O) groups is 1. The molecular formula is C2H6N2O3S. The Hall–Kier alpha value is -0.620. The van der Waals surface area contributed by atoms with E-state index < -0.39 is 10.2 Å². The van der Waals surface area contributed by atoms with Crippen LogP contribution >= 0.6 is 0 Å². The smallest absolute Gasteiger partial charge is 0.278 e. The average molecular weight is 138 g/mol. The van der Waals surface area contributed by atoms with Crippen molar-refractivity contribution in [3.63, 3.8) is 0 Å². The first-order chi connectivity index (χ1) is 3.62. The van der Waals surface area contributed by atoms with E-state index in [2.05, 4.69) is 0 Å². The Morgan fingerprint density at radius 1 is 1.50 bits per heavy atom. The predicted molar refractivity (Wildman–Crippen MR) is 27.2 cm³/mol. The molecule has 0 heterocycles. The van der Waals surface area contributed by atoms with Gasteiger partial charge in [0.2, 0.25) is 6.41 Å². The van der Waals surface area contributed by atoms with Crippen molar-refractivity contribution in [2.45, 2.75) is 0 Å². The van der Waals surface area contributed by atoms with Crippen LogP contribution in [0, 0.1) is 0 Å². The third-order valence-electron chi connectivity index (χ3n) is 0.472. The van der Waals surface area contributed by atoms with Gasteiger partial charge < -0.3 is 0 Å². The molecule has 0 atom stereocenters. The van der Waals surface area contributed by atoms with Crippen molar-refractivity contribution in [3.8, 4) is 0 Å². The zero-order valence-corrected chi connectivity index (χ0v) is 5.03. The Morgan fingerprint density at radius 2 is 2.00 bits per heavy atom. The van der Waals surface area contributed by atoms with Crippen LogP contribution in [0.3, 0.4) is 0 Å². The molecule has 0 unspecified atom stereocenters. The second kappa shape index (κ2) is 2.63. The fourth-order valence-electron chi connectivity index (χ4n) is 0.122. The van der Waals surface area contributed by atoms with Crippen molar-refractivity contribution in [2.24, 2.45) is 0 Å². The van der Waals surface area contributed by atoms with Gasteiger partial charge in [0, 0.05) is 7.05 Å². The Bertz CT molecular complexity index is 160. The van der Waals surface area contributed by atoms with Crippen LogP contribution in [0.1, 0.15) is 0 Å². The highest BCUT2D eigenvalue weighted by molar-refractivity contribution is 7.88. The van der Waals surface area contributed by atoms with E-state index in [0.29, 0.717) is 0 Å². The van der Waals surface area contributed by atoms with Gasteiger partial charge in [-0.15, -0.1) is 0 Å². The van der Waals surface area contributed by atoms with E-state index in [1.165, 1.54) is 7.05 Å². The Balaban J connectivity index is 3.94. The van der Waals surface area contributed by atoms with Gasteiger partial charge in [0.15, 0.2) is 0 Å². The molecule has 0 saturated carbocycles.